The first-order valence-electron chi connectivity index (χ1n) is 7.27. The van der Waals surface area contributed by atoms with Crippen LogP contribution in [-0.4, -0.2) is 36.2 Å². The van der Waals surface area contributed by atoms with Crippen LogP contribution < -0.4 is 0 Å². The molecule has 0 aromatic rings. The number of nitrogens with zero attached hydrogens (tertiary/aromatic N) is 1. The van der Waals surface area contributed by atoms with Gasteiger partial charge in [-0.15, -0.1) is 0 Å². The Labute approximate surface area is 108 Å². The van der Waals surface area contributed by atoms with Crippen LogP contribution in [0.15, 0.2) is 0 Å². The molecule has 17 heavy (non-hydrogen) atoms. The molecule has 0 radical (unpaired) electrons. The lowest BCUT2D eigenvalue weighted by atomic mass is 9.95. The highest BCUT2D eigenvalue weighted by molar-refractivity contribution is 4.87. The molecule has 1 aliphatic heterocycles. The predicted octanol–water partition coefficient (Wildman–Crippen LogP) is 3.56. The summed E-state index contributed by atoms with van der Waals surface area (Å²) < 4.78 is 5.82. The van der Waals surface area contributed by atoms with Gasteiger partial charge in [-0.2, -0.15) is 0 Å². The lowest BCUT2D eigenvalue weighted by molar-refractivity contribution is 0.0299. The number of hydrogen-bond acceptors (Lipinski definition) is 2. The molecule has 0 amide bonds. The second-order valence-electron chi connectivity index (χ2n) is 6.56. The van der Waals surface area contributed by atoms with Crippen LogP contribution in [0.1, 0.15) is 54.4 Å². The number of likely N-dealkylation sites (tertiary alicyclic amines) is 1. The van der Waals surface area contributed by atoms with Crippen LogP contribution in [0.4, 0.5) is 0 Å². The van der Waals surface area contributed by atoms with Crippen LogP contribution in [0.3, 0.4) is 0 Å². The Morgan fingerprint density at radius 2 is 1.76 bits per heavy atom. The van der Waals surface area contributed by atoms with Crippen LogP contribution in [0.2, 0.25) is 0 Å². The van der Waals surface area contributed by atoms with Crippen LogP contribution in [0, 0.1) is 11.8 Å². The maximum Gasteiger partial charge on any atom is 0.0625 e. The van der Waals surface area contributed by atoms with Crippen molar-refractivity contribution in [3.63, 3.8) is 0 Å². The van der Waals surface area contributed by atoms with E-state index in [-0.39, 0.29) is 0 Å². The molecule has 0 bridgehead atoms. The van der Waals surface area contributed by atoms with E-state index in [1.807, 2.05) is 0 Å². The van der Waals surface area contributed by atoms with E-state index in [1.54, 1.807) is 0 Å². The average Bonchev–Trinajstić information content (AvgIpc) is 2.57. The summed E-state index contributed by atoms with van der Waals surface area (Å²) in [6.07, 6.45) is 3.04. The van der Waals surface area contributed by atoms with Crippen molar-refractivity contribution in [3.05, 3.63) is 0 Å². The largest absolute Gasteiger partial charge is 0.377 e. The normalized spacial score (nSPS) is 26.6. The summed E-state index contributed by atoms with van der Waals surface area (Å²) in [6.45, 7) is 15.7. The summed E-state index contributed by atoms with van der Waals surface area (Å²) in [5.41, 5.74) is 0. The van der Waals surface area contributed by atoms with Gasteiger partial charge < -0.3 is 4.74 Å². The molecule has 102 valence electrons. The molecule has 1 aliphatic rings. The molecule has 1 saturated heterocycles. The Morgan fingerprint density at radius 1 is 1.12 bits per heavy atom. The lowest BCUT2D eigenvalue weighted by Crippen LogP contribution is -2.38. The van der Waals surface area contributed by atoms with Gasteiger partial charge in [-0.05, 0) is 52.4 Å². The Bertz CT molecular complexity index is 213. The molecule has 1 fully saturated rings. The van der Waals surface area contributed by atoms with Gasteiger partial charge in [-0.1, -0.05) is 13.8 Å². The first-order valence-corrected chi connectivity index (χ1v) is 7.27. The first-order chi connectivity index (χ1) is 7.90. The van der Waals surface area contributed by atoms with Crippen molar-refractivity contribution in [1.29, 1.82) is 0 Å². The molecule has 1 rings (SSSR count). The average molecular weight is 241 g/mol. The lowest BCUT2D eigenvalue weighted by Gasteiger charge is -2.28. The van der Waals surface area contributed by atoms with Gasteiger partial charge in [0.2, 0.25) is 0 Å². The summed E-state index contributed by atoms with van der Waals surface area (Å²) in [7, 11) is 0. The smallest absolute Gasteiger partial charge is 0.0625 e. The van der Waals surface area contributed by atoms with Crippen molar-refractivity contribution >= 4 is 0 Å². The van der Waals surface area contributed by atoms with Gasteiger partial charge in [0.15, 0.2) is 0 Å². The first kappa shape index (κ1) is 15.0. The fourth-order valence-electron chi connectivity index (χ4n) is 2.98. The monoisotopic (exact) mass is 241 g/mol. The number of ether oxygens (including phenoxy) is 1. The van der Waals surface area contributed by atoms with Gasteiger partial charge in [0.25, 0.3) is 0 Å². The van der Waals surface area contributed by atoms with Crippen LogP contribution in [0.5, 0.6) is 0 Å². The Balaban J connectivity index is 2.48. The minimum atomic E-state index is 0.355. The van der Waals surface area contributed by atoms with Crippen LogP contribution in [-0.2, 0) is 4.74 Å². The standard InChI is InChI=1S/C15H31NO/c1-11(2)7-14-8-15(10-17-13(5)6)16(9-14)12(3)4/h11-15H,7-10H2,1-6H3/t14?,15-/m0/s1. The summed E-state index contributed by atoms with van der Waals surface area (Å²) >= 11 is 0. The maximum atomic E-state index is 5.82. The van der Waals surface area contributed by atoms with E-state index in [0.717, 1.165) is 18.4 Å². The minimum Gasteiger partial charge on any atom is -0.377 e. The third-order valence-electron chi connectivity index (χ3n) is 3.63. The number of hydrogen-bond donors (Lipinski definition) is 0. The fraction of sp³-hybridized carbons (Fsp3) is 1.00. The topological polar surface area (TPSA) is 12.5 Å². The molecule has 0 aromatic carbocycles. The highest BCUT2D eigenvalue weighted by Gasteiger charge is 2.33. The Kier molecular flexibility index (Phi) is 5.94. The second-order valence-corrected chi connectivity index (χ2v) is 6.56. The summed E-state index contributed by atoms with van der Waals surface area (Å²) in [5, 5.41) is 0. The van der Waals surface area contributed by atoms with Gasteiger partial charge >= 0.3 is 0 Å². The highest BCUT2D eigenvalue weighted by atomic mass is 16.5. The van der Waals surface area contributed by atoms with Crippen molar-refractivity contribution in [1.82, 2.24) is 4.90 Å². The molecule has 2 heteroatoms. The van der Waals surface area contributed by atoms with E-state index in [2.05, 4.69) is 46.4 Å². The summed E-state index contributed by atoms with van der Waals surface area (Å²) in [4.78, 5) is 2.63. The minimum absolute atomic E-state index is 0.355. The molecule has 1 unspecified atom stereocenters. The second kappa shape index (κ2) is 6.75. The third-order valence-corrected chi connectivity index (χ3v) is 3.63. The van der Waals surface area contributed by atoms with Crippen LogP contribution in [0.25, 0.3) is 0 Å². The summed E-state index contributed by atoms with van der Waals surface area (Å²) in [6, 6.07) is 1.29. The zero-order valence-electron chi connectivity index (χ0n) is 12.6. The van der Waals surface area contributed by atoms with E-state index >= 15 is 0 Å². The fourth-order valence-corrected chi connectivity index (χ4v) is 2.98. The number of rotatable bonds is 6. The van der Waals surface area contributed by atoms with Gasteiger partial charge in [0.1, 0.15) is 0 Å². The maximum absolute atomic E-state index is 5.82. The van der Waals surface area contributed by atoms with Gasteiger partial charge in [-0.25, -0.2) is 0 Å². The molecule has 2 nitrogen and oxygen atoms in total. The quantitative estimate of drug-likeness (QED) is 0.705. The Morgan fingerprint density at radius 3 is 2.24 bits per heavy atom. The van der Waals surface area contributed by atoms with Gasteiger partial charge in [0, 0.05) is 18.6 Å². The molecule has 0 spiro atoms. The SMILES string of the molecule is CC(C)CC1C[C@@H](COC(C)C)N(C(C)C)C1. The molecule has 0 aliphatic carbocycles. The zero-order chi connectivity index (χ0) is 13.0. The molecule has 0 aromatic heterocycles. The molecular formula is C15H31NO. The van der Waals surface area contributed by atoms with Crippen LogP contribution >= 0.6 is 0 Å². The van der Waals surface area contributed by atoms with E-state index in [9.17, 15) is 0 Å². The van der Waals surface area contributed by atoms with Gasteiger partial charge in [-0.3, -0.25) is 4.90 Å². The third kappa shape index (κ3) is 4.97. The summed E-state index contributed by atoms with van der Waals surface area (Å²) in [5.74, 6) is 1.69. The highest BCUT2D eigenvalue weighted by Crippen LogP contribution is 2.30. The molecule has 2 atom stereocenters. The predicted molar refractivity (Wildman–Crippen MR) is 74.3 cm³/mol. The molecule has 1 heterocycles. The van der Waals surface area contributed by atoms with E-state index in [4.69, 9.17) is 4.74 Å². The van der Waals surface area contributed by atoms with E-state index in [0.29, 0.717) is 18.2 Å². The van der Waals surface area contributed by atoms with Crippen molar-refractivity contribution in [2.24, 2.45) is 11.8 Å². The van der Waals surface area contributed by atoms with E-state index in [1.165, 1.54) is 19.4 Å². The molecule has 0 N–H and O–H groups in total. The van der Waals surface area contributed by atoms with Crippen molar-refractivity contribution < 1.29 is 4.74 Å². The van der Waals surface area contributed by atoms with E-state index < -0.39 is 0 Å². The Hall–Kier alpha value is -0.0800. The van der Waals surface area contributed by atoms with Crippen molar-refractivity contribution in [2.45, 2.75) is 72.6 Å². The van der Waals surface area contributed by atoms with Gasteiger partial charge in [0.05, 0.1) is 12.7 Å². The van der Waals surface area contributed by atoms with Crippen molar-refractivity contribution in [2.75, 3.05) is 13.2 Å². The zero-order valence-corrected chi connectivity index (χ0v) is 12.6. The molecule has 0 saturated carbocycles. The molecular weight excluding hydrogens is 210 g/mol. The van der Waals surface area contributed by atoms with Crippen molar-refractivity contribution in [3.8, 4) is 0 Å².